The van der Waals surface area contributed by atoms with Crippen LogP contribution in [0.5, 0.6) is 0 Å². The fourth-order valence-electron chi connectivity index (χ4n) is 4.48. The van der Waals surface area contributed by atoms with Crippen LogP contribution < -0.4 is 0 Å². The maximum absolute atomic E-state index is 12.8. The normalized spacial score (nSPS) is 25.7. The average molecular weight is 388 g/mol. The maximum Gasteiger partial charge on any atom is 0.257 e. The fourth-order valence-corrected chi connectivity index (χ4v) is 5.43. The molecule has 1 amide bonds. The predicted molar refractivity (Wildman–Crippen MR) is 102 cm³/mol. The van der Waals surface area contributed by atoms with Crippen LogP contribution in [0.25, 0.3) is 0 Å². The lowest BCUT2D eigenvalue weighted by Crippen LogP contribution is -2.38. The zero-order chi connectivity index (χ0) is 19.1. The maximum atomic E-state index is 12.8. The van der Waals surface area contributed by atoms with Crippen molar-refractivity contribution in [1.82, 2.24) is 19.4 Å². The SMILES string of the molecule is CS(=O)(=O)N1CC2CN(C(=O)c3cn[nH]c3)CC2(CCc2ccccc2)C1. The Morgan fingerprint density at radius 2 is 2.04 bits per heavy atom. The molecule has 0 saturated carbocycles. The number of aromatic nitrogens is 2. The van der Waals surface area contributed by atoms with E-state index in [1.807, 2.05) is 23.1 Å². The molecular formula is C19H24N4O3S. The molecule has 0 bridgehead atoms. The van der Waals surface area contributed by atoms with Crippen LogP contribution in [0, 0.1) is 11.3 Å². The lowest BCUT2D eigenvalue weighted by atomic mass is 9.76. The van der Waals surface area contributed by atoms with Gasteiger partial charge in [0.05, 0.1) is 18.0 Å². The number of nitrogens with one attached hydrogen (secondary N) is 1. The van der Waals surface area contributed by atoms with E-state index in [1.165, 1.54) is 18.0 Å². The monoisotopic (exact) mass is 388 g/mol. The summed E-state index contributed by atoms with van der Waals surface area (Å²) in [7, 11) is -3.23. The Balaban J connectivity index is 1.56. The number of carbonyl (C=O) groups excluding carboxylic acids is 1. The molecule has 4 rings (SSSR count). The van der Waals surface area contributed by atoms with Crippen LogP contribution >= 0.6 is 0 Å². The number of fused-ring (bicyclic) bond motifs is 1. The summed E-state index contributed by atoms with van der Waals surface area (Å²) in [4.78, 5) is 14.6. The molecule has 2 unspecified atom stereocenters. The Morgan fingerprint density at radius 3 is 2.70 bits per heavy atom. The van der Waals surface area contributed by atoms with Crippen molar-refractivity contribution < 1.29 is 13.2 Å². The quantitative estimate of drug-likeness (QED) is 0.838. The van der Waals surface area contributed by atoms with Gasteiger partial charge < -0.3 is 4.90 Å². The number of aromatic amines is 1. The number of rotatable bonds is 5. The van der Waals surface area contributed by atoms with Gasteiger partial charge in [-0.3, -0.25) is 9.89 Å². The van der Waals surface area contributed by atoms with E-state index in [4.69, 9.17) is 0 Å². The number of aryl methyl sites for hydroxylation is 1. The first-order valence-electron chi connectivity index (χ1n) is 9.14. The summed E-state index contributed by atoms with van der Waals surface area (Å²) >= 11 is 0. The lowest BCUT2D eigenvalue weighted by Gasteiger charge is -2.29. The molecule has 1 aromatic carbocycles. The van der Waals surface area contributed by atoms with Crippen molar-refractivity contribution >= 4 is 15.9 Å². The average Bonchev–Trinajstić information content (AvgIpc) is 3.34. The van der Waals surface area contributed by atoms with E-state index in [9.17, 15) is 13.2 Å². The first kappa shape index (κ1) is 18.2. The summed E-state index contributed by atoms with van der Waals surface area (Å²) in [6.07, 6.45) is 6.16. The predicted octanol–water partition coefficient (Wildman–Crippen LogP) is 1.38. The van der Waals surface area contributed by atoms with Crippen molar-refractivity contribution in [3.05, 3.63) is 53.9 Å². The van der Waals surface area contributed by atoms with E-state index in [-0.39, 0.29) is 17.2 Å². The van der Waals surface area contributed by atoms with Crippen LogP contribution in [0.1, 0.15) is 22.3 Å². The van der Waals surface area contributed by atoms with Crippen molar-refractivity contribution in [3.63, 3.8) is 0 Å². The molecule has 1 N–H and O–H groups in total. The highest BCUT2D eigenvalue weighted by Gasteiger charge is 2.54. The molecule has 8 heteroatoms. The molecule has 2 saturated heterocycles. The number of nitrogens with zero attached hydrogens (tertiary/aromatic N) is 3. The minimum absolute atomic E-state index is 0.0388. The highest BCUT2D eigenvalue weighted by molar-refractivity contribution is 7.88. The smallest absolute Gasteiger partial charge is 0.257 e. The third-order valence-corrected chi connectivity index (χ3v) is 7.20. The number of amides is 1. The second-order valence-corrected chi connectivity index (χ2v) is 9.76. The van der Waals surface area contributed by atoms with Crippen molar-refractivity contribution in [2.75, 3.05) is 32.4 Å². The molecule has 2 aliphatic heterocycles. The highest BCUT2D eigenvalue weighted by Crippen LogP contribution is 2.46. The Morgan fingerprint density at radius 1 is 1.26 bits per heavy atom. The Kier molecular flexibility index (Phi) is 4.55. The van der Waals surface area contributed by atoms with Gasteiger partial charge in [0.25, 0.3) is 5.91 Å². The van der Waals surface area contributed by atoms with Gasteiger partial charge in [0.15, 0.2) is 0 Å². The van der Waals surface area contributed by atoms with Gasteiger partial charge in [-0.1, -0.05) is 30.3 Å². The van der Waals surface area contributed by atoms with Gasteiger partial charge in [0, 0.05) is 37.8 Å². The Bertz CT molecular complexity index is 914. The minimum Gasteiger partial charge on any atom is -0.338 e. The number of sulfonamides is 1. The van der Waals surface area contributed by atoms with Gasteiger partial charge in [-0.05, 0) is 24.3 Å². The molecule has 2 aliphatic rings. The summed E-state index contributed by atoms with van der Waals surface area (Å²) in [5.41, 5.74) is 1.59. The Labute approximate surface area is 159 Å². The standard InChI is InChI=1S/C19H24N4O3S/c1-27(25,26)23-12-17-11-22(18(24)16-9-20-21-10-16)13-19(17,14-23)8-7-15-5-3-2-4-6-15/h2-6,9-10,17H,7-8,11-14H2,1H3,(H,20,21). The van der Waals surface area contributed by atoms with Gasteiger partial charge in [0.2, 0.25) is 10.0 Å². The van der Waals surface area contributed by atoms with Crippen molar-refractivity contribution in [2.24, 2.45) is 11.3 Å². The Hall–Kier alpha value is -2.19. The topological polar surface area (TPSA) is 86.4 Å². The van der Waals surface area contributed by atoms with E-state index in [0.717, 1.165) is 12.8 Å². The van der Waals surface area contributed by atoms with Crippen LogP contribution in [-0.4, -0.2) is 66.2 Å². The van der Waals surface area contributed by atoms with Gasteiger partial charge in [-0.25, -0.2) is 12.7 Å². The third-order valence-electron chi connectivity index (χ3n) is 5.98. The van der Waals surface area contributed by atoms with Gasteiger partial charge in [0.1, 0.15) is 0 Å². The van der Waals surface area contributed by atoms with Gasteiger partial charge >= 0.3 is 0 Å². The first-order chi connectivity index (χ1) is 12.9. The second kappa shape index (κ2) is 6.76. The molecule has 27 heavy (non-hydrogen) atoms. The number of likely N-dealkylation sites (tertiary alicyclic amines) is 1. The summed E-state index contributed by atoms with van der Waals surface area (Å²) in [5.74, 6) is 0.120. The molecule has 1 aromatic heterocycles. The molecule has 7 nitrogen and oxygen atoms in total. The number of H-pyrrole nitrogens is 1. The van der Waals surface area contributed by atoms with E-state index >= 15 is 0 Å². The van der Waals surface area contributed by atoms with Crippen molar-refractivity contribution in [1.29, 1.82) is 0 Å². The first-order valence-corrected chi connectivity index (χ1v) is 11.0. The summed E-state index contributed by atoms with van der Waals surface area (Å²) in [5, 5.41) is 6.55. The zero-order valence-electron chi connectivity index (χ0n) is 15.3. The van der Waals surface area contributed by atoms with Crippen LogP contribution in [0.3, 0.4) is 0 Å². The number of carbonyl (C=O) groups is 1. The fraction of sp³-hybridized carbons (Fsp3) is 0.474. The van der Waals surface area contributed by atoms with E-state index in [2.05, 4.69) is 22.3 Å². The van der Waals surface area contributed by atoms with Crippen molar-refractivity contribution in [3.8, 4) is 0 Å². The third kappa shape index (κ3) is 3.51. The van der Waals surface area contributed by atoms with Crippen LogP contribution in [0.2, 0.25) is 0 Å². The summed E-state index contributed by atoms with van der Waals surface area (Å²) < 4.78 is 25.8. The minimum atomic E-state index is -3.23. The summed E-state index contributed by atoms with van der Waals surface area (Å²) in [6.45, 7) is 2.15. The molecule has 2 fully saturated rings. The van der Waals surface area contributed by atoms with Crippen LogP contribution in [-0.2, 0) is 16.4 Å². The van der Waals surface area contributed by atoms with E-state index in [1.54, 1.807) is 10.5 Å². The van der Waals surface area contributed by atoms with E-state index < -0.39 is 10.0 Å². The number of benzene rings is 1. The molecular weight excluding hydrogens is 364 g/mol. The molecule has 0 aliphatic carbocycles. The second-order valence-electron chi connectivity index (χ2n) is 7.77. The molecule has 0 spiro atoms. The van der Waals surface area contributed by atoms with E-state index in [0.29, 0.717) is 31.7 Å². The molecule has 3 heterocycles. The van der Waals surface area contributed by atoms with Gasteiger partial charge in [-0.15, -0.1) is 0 Å². The number of hydrogen-bond donors (Lipinski definition) is 1. The molecule has 144 valence electrons. The van der Waals surface area contributed by atoms with Crippen molar-refractivity contribution in [2.45, 2.75) is 12.8 Å². The largest absolute Gasteiger partial charge is 0.338 e. The lowest BCUT2D eigenvalue weighted by molar-refractivity contribution is 0.0764. The molecule has 2 aromatic rings. The number of hydrogen-bond acceptors (Lipinski definition) is 4. The summed E-state index contributed by atoms with van der Waals surface area (Å²) in [6, 6.07) is 10.2. The molecule has 2 atom stereocenters. The van der Waals surface area contributed by atoms with Gasteiger partial charge in [-0.2, -0.15) is 5.10 Å². The van der Waals surface area contributed by atoms with Crippen LogP contribution in [0.15, 0.2) is 42.7 Å². The zero-order valence-corrected chi connectivity index (χ0v) is 16.2. The highest BCUT2D eigenvalue weighted by atomic mass is 32.2. The molecule has 0 radical (unpaired) electrons. The van der Waals surface area contributed by atoms with Crippen LogP contribution in [0.4, 0.5) is 0 Å².